The highest BCUT2D eigenvalue weighted by molar-refractivity contribution is 7.11. The SMILES string of the molecule is CCC(CN)C(=O)NCc1cnc(C)s1. The minimum absolute atomic E-state index is 0.0334. The summed E-state index contributed by atoms with van der Waals surface area (Å²) in [5.41, 5.74) is 5.49. The maximum absolute atomic E-state index is 11.6. The number of nitrogens with one attached hydrogen (secondary N) is 1. The van der Waals surface area contributed by atoms with E-state index in [9.17, 15) is 4.79 Å². The second kappa shape index (κ2) is 5.82. The molecule has 5 heteroatoms. The summed E-state index contributed by atoms with van der Waals surface area (Å²) < 4.78 is 0. The predicted octanol–water partition coefficient (Wildman–Crippen LogP) is 1.05. The first-order valence-electron chi connectivity index (χ1n) is 5.06. The van der Waals surface area contributed by atoms with Gasteiger partial charge in [0, 0.05) is 23.5 Å². The number of hydrogen-bond acceptors (Lipinski definition) is 4. The van der Waals surface area contributed by atoms with Crippen molar-refractivity contribution in [2.75, 3.05) is 6.54 Å². The van der Waals surface area contributed by atoms with Crippen LogP contribution in [0.2, 0.25) is 0 Å². The van der Waals surface area contributed by atoms with Gasteiger partial charge in [0.15, 0.2) is 0 Å². The van der Waals surface area contributed by atoms with Crippen LogP contribution in [0.25, 0.3) is 0 Å². The molecule has 4 nitrogen and oxygen atoms in total. The second-order valence-electron chi connectivity index (χ2n) is 3.40. The molecule has 84 valence electrons. The van der Waals surface area contributed by atoms with Crippen molar-refractivity contribution in [2.45, 2.75) is 26.8 Å². The Labute approximate surface area is 93.9 Å². The van der Waals surface area contributed by atoms with Gasteiger partial charge in [0.25, 0.3) is 0 Å². The molecule has 1 unspecified atom stereocenters. The Hall–Kier alpha value is -0.940. The third-order valence-electron chi connectivity index (χ3n) is 2.25. The summed E-state index contributed by atoms with van der Waals surface area (Å²) >= 11 is 1.60. The van der Waals surface area contributed by atoms with Crippen molar-refractivity contribution < 1.29 is 4.79 Å². The lowest BCUT2D eigenvalue weighted by atomic mass is 10.1. The number of amides is 1. The Balaban J connectivity index is 2.40. The number of nitrogens with zero attached hydrogens (tertiary/aromatic N) is 1. The van der Waals surface area contributed by atoms with Gasteiger partial charge >= 0.3 is 0 Å². The topological polar surface area (TPSA) is 68.0 Å². The van der Waals surface area contributed by atoms with E-state index >= 15 is 0 Å². The van der Waals surface area contributed by atoms with Crippen LogP contribution in [0.1, 0.15) is 23.2 Å². The standard InChI is InChI=1S/C10H17N3OS/c1-3-8(4-11)10(14)13-6-9-5-12-7(2)15-9/h5,8H,3-4,6,11H2,1-2H3,(H,13,14). The number of rotatable bonds is 5. The van der Waals surface area contributed by atoms with Crippen LogP contribution in [0.5, 0.6) is 0 Å². The first-order valence-corrected chi connectivity index (χ1v) is 5.88. The van der Waals surface area contributed by atoms with Gasteiger partial charge in [-0.25, -0.2) is 4.98 Å². The van der Waals surface area contributed by atoms with Gasteiger partial charge in [-0.2, -0.15) is 0 Å². The Morgan fingerprint density at radius 2 is 2.47 bits per heavy atom. The molecule has 0 spiro atoms. The molecule has 0 aromatic carbocycles. The molecule has 1 atom stereocenters. The Morgan fingerprint density at radius 3 is 2.93 bits per heavy atom. The summed E-state index contributed by atoms with van der Waals surface area (Å²) in [5, 5.41) is 3.88. The predicted molar refractivity (Wildman–Crippen MR) is 61.5 cm³/mol. The second-order valence-corrected chi connectivity index (χ2v) is 4.72. The van der Waals surface area contributed by atoms with Gasteiger partial charge in [-0.05, 0) is 13.3 Å². The van der Waals surface area contributed by atoms with Crippen LogP contribution < -0.4 is 11.1 Å². The average Bonchev–Trinajstić information content (AvgIpc) is 2.63. The molecule has 1 aromatic rings. The van der Waals surface area contributed by atoms with Gasteiger partial charge in [-0.3, -0.25) is 4.79 Å². The Bertz CT molecular complexity index is 320. The minimum atomic E-state index is -0.0704. The molecule has 0 saturated carbocycles. The van der Waals surface area contributed by atoms with Crippen molar-refractivity contribution in [3.05, 3.63) is 16.1 Å². The quantitative estimate of drug-likeness (QED) is 0.790. The number of aromatic nitrogens is 1. The molecular weight excluding hydrogens is 210 g/mol. The van der Waals surface area contributed by atoms with Crippen LogP contribution in [-0.2, 0) is 11.3 Å². The molecule has 15 heavy (non-hydrogen) atoms. The lowest BCUT2D eigenvalue weighted by Crippen LogP contribution is -2.34. The van der Waals surface area contributed by atoms with Crippen LogP contribution in [0.3, 0.4) is 0 Å². The third-order valence-corrected chi connectivity index (χ3v) is 3.17. The lowest BCUT2D eigenvalue weighted by Gasteiger charge is -2.11. The molecule has 0 aliphatic carbocycles. The van der Waals surface area contributed by atoms with E-state index in [1.54, 1.807) is 17.5 Å². The summed E-state index contributed by atoms with van der Waals surface area (Å²) in [6.45, 7) is 4.88. The first kappa shape index (κ1) is 12.1. The van der Waals surface area contributed by atoms with E-state index in [4.69, 9.17) is 5.73 Å². The van der Waals surface area contributed by atoms with Crippen molar-refractivity contribution in [3.63, 3.8) is 0 Å². The van der Waals surface area contributed by atoms with E-state index in [2.05, 4.69) is 10.3 Å². The zero-order chi connectivity index (χ0) is 11.3. The molecule has 0 radical (unpaired) electrons. The van der Waals surface area contributed by atoms with E-state index in [0.29, 0.717) is 13.1 Å². The number of hydrogen-bond donors (Lipinski definition) is 2. The van der Waals surface area contributed by atoms with Crippen LogP contribution in [0, 0.1) is 12.8 Å². The Kier molecular flexibility index (Phi) is 4.71. The largest absolute Gasteiger partial charge is 0.351 e. The zero-order valence-corrected chi connectivity index (χ0v) is 9.93. The minimum Gasteiger partial charge on any atom is -0.351 e. The molecule has 0 aliphatic rings. The van der Waals surface area contributed by atoms with E-state index in [-0.39, 0.29) is 11.8 Å². The molecule has 0 fully saturated rings. The molecule has 1 rings (SSSR count). The molecular formula is C10H17N3OS. The number of carbonyl (C=O) groups is 1. The van der Waals surface area contributed by atoms with Crippen molar-refractivity contribution in [1.82, 2.24) is 10.3 Å². The fourth-order valence-electron chi connectivity index (χ4n) is 1.26. The van der Waals surface area contributed by atoms with Crippen LogP contribution in [0.4, 0.5) is 0 Å². The van der Waals surface area contributed by atoms with Gasteiger partial charge < -0.3 is 11.1 Å². The smallest absolute Gasteiger partial charge is 0.224 e. The van der Waals surface area contributed by atoms with Crippen molar-refractivity contribution in [2.24, 2.45) is 11.7 Å². The first-order chi connectivity index (χ1) is 7.17. The summed E-state index contributed by atoms with van der Waals surface area (Å²) in [6, 6.07) is 0. The normalized spacial score (nSPS) is 12.5. The van der Waals surface area contributed by atoms with Gasteiger partial charge in [-0.15, -0.1) is 11.3 Å². The van der Waals surface area contributed by atoms with Crippen LogP contribution in [0.15, 0.2) is 6.20 Å². The van der Waals surface area contributed by atoms with E-state index < -0.39 is 0 Å². The van der Waals surface area contributed by atoms with Gasteiger partial charge in [0.1, 0.15) is 0 Å². The molecule has 1 aromatic heterocycles. The number of thiazole rings is 1. The van der Waals surface area contributed by atoms with Crippen molar-refractivity contribution >= 4 is 17.2 Å². The number of carbonyl (C=O) groups excluding carboxylic acids is 1. The van der Waals surface area contributed by atoms with E-state index in [0.717, 1.165) is 16.3 Å². The maximum Gasteiger partial charge on any atom is 0.224 e. The van der Waals surface area contributed by atoms with Crippen molar-refractivity contribution in [3.8, 4) is 0 Å². The monoisotopic (exact) mass is 227 g/mol. The molecule has 0 bridgehead atoms. The number of aryl methyl sites for hydroxylation is 1. The zero-order valence-electron chi connectivity index (χ0n) is 9.12. The summed E-state index contributed by atoms with van der Waals surface area (Å²) in [7, 11) is 0. The average molecular weight is 227 g/mol. The Morgan fingerprint density at radius 1 is 1.73 bits per heavy atom. The van der Waals surface area contributed by atoms with Gasteiger partial charge in [-0.1, -0.05) is 6.92 Å². The maximum atomic E-state index is 11.6. The number of nitrogens with two attached hydrogens (primary N) is 1. The molecule has 1 amide bonds. The molecule has 1 heterocycles. The van der Waals surface area contributed by atoms with E-state index in [1.165, 1.54) is 0 Å². The van der Waals surface area contributed by atoms with Gasteiger partial charge in [0.2, 0.25) is 5.91 Å². The molecule has 0 aliphatic heterocycles. The third kappa shape index (κ3) is 3.60. The fourth-order valence-corrected chi connectivity index (χ4v) is 2.00. The molecule has 3 N–H and O–H groups in total. The highest BCUT2D eigenvalue weighted by Gasteiger charge is 2.13. The van der Waals surface area contributed by atoms with Crippen molar-refractivity contribution in [1.29, 1.82) is 0 Å². The fraction of sp³-hybridized carbons (Fsp3) is 0.600. The summed E-state index contributed by atoms with van der Waals surface area (Å²) in [6.07, 6.45) is 2.58. The van der Waals surface area contributed by atoms with Crippen LogP contribution in [-0.4, -0.2) is 17.4 Å². The van der Waals surface area contributed by atoms with E-state index in [1.807, 2.05) is 13.8 Å². The van der Waals surface area contributed by atoms with Gasteiger partial charge in [0.05, 0.1) is 11.6 Å². The molecule has 0 saturated heterocycles. The lowest BCUT2D eigenvalue weighted by molar-refractivity contribution is -0.124. The summed E-state index contributed by atoms with van der Waals surface area (Å²) in [5.74, 6) is -0.0370. The highest BCUT2D eigenvalue weighted by Crippen LogP contribution is 2.11. The highest BCUT2D eigenvalue weighted by atomic mass is 32.1. The summed E-state index contributed by atoms with van der Waals surface area (Å²) in [4.78, 5) is 16.8. The van der Waals surface area contributed by atoms with Crippen LogP contribution >= 0.6 is 11.3 Å².